The van der Waals surface area contributed by atoms with E-state index in [0.717, 1.165) is 25.9 Å². The minimum absolute atomic E-state index is 0.0788. The van der Waals surface area contributed by atoms with Gasteiger partial charge in [-0.25, -0.2) is 0 Å². The van der Waals surface area contributed by atoms with Gasteiger partial charge in [0, 0.05) is 17.9 Å². The van der Waals surface area contributed by atoms with Crippen LogP contribution in [-0.2, 0) is 4.79 Å². The molecule has 1 aromatic heterocycles. The molecule has 0 bridgehead atoms. The highest BCUT2D eigenvalue weighted by atomic mass is 16.5. The molecule has 1 amide bonds. The molecule has 0 radical (unpaired) electrons. The fraction of sp³-hybridized carbons (Fsp3) is 0.550. The summed E-state index contributed by atoms with van der Waals surface area (Å²) in [6.45, 7) is 6.03. The summed E-state index contributed by atoms with van der Waals surface area (Å²) in [5.41, 5.74) is 0.605. The Morgan fingerprint density at radius 1 is 1.25 bits per heavy atom. The zero-order chi connectivity index (χ0) is 20.1. The Bertz CT molecular complexity index is 797. The molecule has 152 valence electrons. The fourth-order valence-electron chi connectivity index (χ4n) is 3.29. The molecule has 2 aromatic rings. The first-order valence-corrected chi connectivity index (χ1v) is 9.57. The van der Waals surface area contributed by atoms with E-state index in [1.54, 1.807) is 32.4 Å². The van der Waals surface area contributed by atoms with Gasteiger partial charge in [-0.05, 0) is 38.1 Å². The minimum Gasteiger partial charge on any atom is -0.497 e. The van der Waals surface area contributed by atoms with Crippen LogP contribution in [0.1, 0.15) is 50.3 Å². The van der Waals surface area contributed by atoms with Gasteiger partial charge in [-0.3, -0.25) is 9.69 Å². The summed E-state index contributed by atoms with van der Waals surface area (Å²) < 4.78 is 16.3. The van der Waals surface area contributed by atoms with Crippen molar-refractivity contribution in [1.29, 1.82) is 0 Å². The van der Waals surface area contributed by atoms with E-state index in [4.69, 9.17) is 13.9 Å². The predicted molar refractivity (Wildman–Crippen MR) is 105 cm³/mol. The smallest absolute Gasteiger partial charge is 0.238 e. The zero-order valence-corrected chi connectivity index (χ0v) is 16.9. The topological polar surface area (TPSA) is 89.7 Å². The molecule has 8 heteroatoms. The first kappa shape index (κ1) is 20.1. The van der Waals surface area contributed by atoms with E-state index in [0.29, 0.717) is 35.5 Å². The number of nitrogens with zero attached hydrogens (tertiary/aromatic N) is 3. The molecule has 0 saturated carbocycles. The van der Waals surface area contributed by atoms with Gasteiger partial charge in [0.25, 0.3) is 0 Å². The Labute approximate surface area is 165 Å². The predicted octanol–water partition coefficient (Wildman–Crippen LogP) is 3.03. The van der Waals surface area contributed by atoms with Gasteiger partial charge in [-0.15, -0.1) is 10.2 Å². The van der Waals surface area contributed by atoms with Crippen LogP contribution in [0.4, 0.5) is 5.69 Å². The third-order valence-electron chi connectivity index (χ3n) is 4.93. The van der Waals surface area contributed by atoms with Crippen molar-refractivity contribution >= 4 is 11.6 Å². The van der Waals surface area contributed by atoms with Gasteiger partial charge in [-0.1, -0.05) is 13.8 Å². The van der Waals surface area contributed by atoms with Crippen LogP contribution in [0.2, 0.25) is 0 Å². The number of hydrogen-bond donors (Lipinski definition) is 1. The average molecular weight is 388 g/mol. The summed E-state index contributed by atoms with van der Waals surface area (Å²) in [5.74, 6) is 3.08. The van der Waals surface area contributed by atoms with Gasteiger partial charge in [0.1, 0.15) is 11.5 Å². The van der Waals surface area contributed by atoms with Crippen LogP contribution in [0.15, 0.2) is 22.6 Å². The molecule has 28 heavy (non-hydrogen) atoms. The molecule has 1 aromatic carbocycles. The number of amides is 1. The standard InChI is InChI=1S/C20H28N4O4/c1-13(2)19-22-23-20(28-19)14-7-9-24(10-8-14)12-18(25)21-16-11-15(26-3)5-6-17(16)27-4/h5-6,11,13-14H,7-10,12H2,1-4H3,(H,21,25). The summed E-state index contributed by atoms with van der Waals surface area (Å²) in [4.78, 5) is 14.6. The molecule has 2 heterocycles. The monoisotopic (exact) mass is 388 g/mol. The lowest BCUT2D eigenvalue weighted by atomic mass is 9.97. The van der Waals surface area contributed by atoms with Gasteiger partial charge in [0.2, 0.25) is 17.7 Å². The van der Waals surface area contributed by atoms with Crippen LogP contribution >= 0.6 is 0 Å². The van der Waals surface area contributed by atoms with E-state index in [2.05, 4.69) is 20.4 Å². The second-order valence-electron chi connectivity index (χ2n) is 7.30. The van der Waals surface area contributed by atoms with Crippen molar-refractivity contribution in [2.45, 2.75) is 38.5 Å². The SMILES string of the molecule is COc1ccc(OC)c(NC(=O)CN2CCC(c3nnc(C(C)C)o3)CC2)c1. The van der Waals surface area contributed by atoms with Crippen LogP contribution in [0.25, 0.3) is 0 Å². The number of nitrogens with one attached hydrogen (secondary N) is 1. The Morgan fingerprint density at radius 2 is 2.00 bits per heavy atom. The van der Waals surface area contributed by atoms with E-state index in [-0.39, 0.29) is 17.7 Å². The molecule has 1 aliphatic rings. The van der Waals surface area contributed by atoms with Gasteiger partial charge >= 0.3 is 0 Å². The number of piperidine rings is 1. The maximum atomic E-state index is 12.5. The molecular weight excluding hydrogens is 360 g/mol. The lowest BCUT2D eigenvalue weighted by molar-refractivity contribution is -0.117. The number of benzene rings is 1. The first-order valence-electron chi connectivity index (χ1n) is 9.57. The van der Waals surface area contributed by atoms with Crippen LogP contribution in [0.5, 0.6) is 11.5 Å². The molecule has 0 aliphatic carbocycles. The molecule has 0 atom stereocenters. The fourth-order valence-corrected chi connectivity index (χ4v) is 3.29. The van der Waals surface area contributed by atoms with Crippen LogP contribution in [-0.4, -0.2) is 54.9 Å². The highest BCUT2D eigenvalue weighted by molar-refractivity contribution is 5.94. The largest absolute Gasteiger partial charge is 0.497 e. The number of aromatic nitrogens is 2. The number of likely N-dealkylation sites (tertiary alicyclic amines) is 1. The number of anilines is 1. The summed E-state index contributed by atoms with van der Waals surface area (Å²) in [6.07, 6.45) is 1.80. The molecule has 1 saturated heterocycles. The summed E-state index contributed by atoms with van der Waals surface area (Å²) in [5, 5.41) is 11.2. The molecular formula is C20H28N4O4. The Balaban J connectivity index is 1.52. The number of hydrogen-bond acceptors (Lipinski definition) is 7. The highest BCUT2D eigenvalue weighted by Crippen LogP contribution is 2.30. The first-order chi connectivity index (χ1) is 13.5. The van der Waals surface area contributed by atoms with Crippen molar-refractivity contribution in [2.24, 2.45) is 0 Å². The van der Waals surface area contributed by atoms with Crippen LogP contribution in [0.3, 0.4) is 0 Å². The van der Waals surface area contributed by atoms with Crippen LogP contribution in [0, 0.1) is 0 Å². The number of rotatable bonds is 7. The van der Waals surface area contributed by atoms with Crippen molar-refractivity contribution < 1.29 is 18.7 Å². The number of carbonyl (C=O) groups excluding carboxylic acids is 1. The van der Waals surface area contributed by atoms with E-state index in [9.17, 15) is 4.79 Å². The average Bonchev–Trinajstić information content (AvgIpc) is 3.19. The van der Waals surface area contributed by atoms with Crippen molar-refractivity contribution in [3.8, 4) is 11.5 Å². The number of carbonyl (C=O) groups is 1. The molecule has 3 rings (SSSR count). The van der Waals surface area contributed by atoms with Gasteiger partial charge < -0.3 is 19.2 Å². The van der Waals surface area contributed by atoms with Gasteiger partial charge in [0.05, 0.1) is 26.5 Å². The lowest BCUT2D eigenvalue weighted by Gasteiger charge is -2.29. The quantitative estimate of drug-likeness (QED) is 0.780. The summed E-state index contributed by atoms with van der Waals surface area (Å²) in [7, 11) is 3.16. The molecule has 0 unspecified atom stereocenters. The second kappa shape index (κ2) is 9.05. The summed E-state index contributed by atoms with van der Waals surface area (Å²) in [6, 6.07) is 5.32. The molecule has 1 fully saturated rings. The molecule has 1 aliphatic heterocycles. The minimum atomic E-state index is -0.0788. The van der Waals surface area contributed by atoms with Crippen molar-refractivity contribution in [3.63, 3.8) is 0 Å². The van der Waals surface area contributed by atoms with E-state index in [1.807, 2.05) is 13.8 Å². The van der Waals surface area contributed by atoms with Crippen molar-refractivity contribution in [2.75, 3.05) is 39.2 Å². The zero-order valence-electron chi connectivity index (χ0n) is 16.9. The number of methoxy groups -OCH3 is 2. The third kappa shape index (κ3) is 4.81. The lowest BCUT2D eigenvalue weighted by Crippen LogP contribution is -2.38. The van der Waals surface area contributed by atoms with Gasteiger partial charge in [0.15, 0.2) is 0 Å². The van der Waals surface area contributed by atoms with Crippen molar-refractivity contribution in [1.82, 2.24) is 15.1 Å². The van der Waals surface area contributed by atoms with Gasteiger partial charge in [-0.2, -0.15) is 0 Å². The highest BCUT2D eigenvalue weighted by Gasteiger charge is 2.26. The Hall–Kier alpha value is -2.61. The molecule has 1 N–H and O–H groups in total. The van der Waals surface area contributed by atoms with E-state index < -0.39 is 0 Å². The Morgan fingerprint density at radius 3 is 2.61 bits per heavy atom. The third-order valence-corrected chi connectivity index (χ3v) is 4.93. The van der Waals surface area contributed by atoms with E-state index >= 15 is 0 Å². The second-order valence-corrected chi connectivity index (χ2v) is 7.30. The molecule has 8 nitrogen and oxygen atoms in total. The normalized spacial score (nSPS) is 15.6. The maximum Gasteiger partial charge on any atom is 0.238 e. The van der Waals surface area contributed by atoms with E-state index in [1.165, 1.54) is 0 Å². The van der Waals surface area contributed by atoms with Crippen LogP contribution < -0.4 is 14.8 Å². The number of ether oxygens (including phenoxy) is 2. The molecule has 0 spiro atoms. The van der Waals surface area contributed by atoms with Crippen molar-refractivity contribution in [3.05, 3.63) is 30.0 Å². The Kier molecular flexibility index (Phi) is 6.51. The maximum absolute atomic E-state index is 12.5. The summed E-state index contributed by atoms with van der Waals surface area (Å²) >= 11 is 0.